The lowest BCUT2D eigenvalue weighted by molar-refractivity contribution is -0.116. The monoisotopic (exact) mass is 239 g/mol. The molecule has 1 aromatic rings. The van der Waals surface area contributed by atoms with Gasteiger partial charge in [0, 0.05) is 24.7 Å². The Kier molecular flexibility index (Phi) is 4.57. The van der Waals surface area contributed by atoms with Crippen LogP contribution in [0.25, 0.3) is 0 Å². The van der Waals surface area contributed by atoms with Gasteiger partial charge in [0.05, 0.1) is 11.9 Å². The Morgan fingerprint density at radius 3 is 2.76 bits per heavy atom. The van der Waals surface area contributed by atoms with Crippen LogP contribution < -0.4 is 10.6 Å². The van der Waals surface area contributed by atoms with Gasteiger partial charge in [-0.05, 0) is 26.8 Å². The minimum atomic E-state index is -0.523. The first-order valence-corrected chi connectivity index (χ1v) is 5.53. The first-order chi connectivity index (χ1) is 7.88. The summed E-state index contributed by atoms with van der Waals surface area (Å²) in [5.41, 5.74) is 0.142. The van der Waals surface area contributed by atoms with Gasteiger partial charge in [-0.1, -0.05) is 0 Å². The Balaban J connectivity index is 2.38. The maximum Gasteiger partial charge on any atom is 0.225 e. The average Bonchev–Trinajstić information content (AvgIpc) is 2.19. The molecule has 94 valence electrons. The van der Waals surface area contributed by atoms with E-state index in [9.17, 15) is 9.18 Å². The molecule has 0 unspecified atom stereocenters. The standard InChI is InChI=1S/C12H18FN3O/c1-12(2,3)15-7-5-11(17)16-10-4-6-14-8-9(10)13/h4,6,8,15H,5,7H2,1-3H3,(H,14,16,17). The first kappa shape index (κ1) is 13.6. The Morgan fingerprint density at radius 2 is 2.18 bits per heavy atom. The highest BCUT2D eigenvalue weighted by molar-refractivity contribution is 5.90. The quantitative estimate of drug-likeness (QED) is 0.844. The molecule has 2 N–H and O–H groups in total. The molecule has 0 aliphatic carbocycles. The molecule has 0 saturated heterocycles. The number of aromatic nitrogens is 1. The maximum atomic E-state index is 13.2. The van der Waals surface area contributed by atoms with Crippen LogP contribution in [0.5, 0.6) is 0 Å². The molecule has 0 bridgehead atoms. The van der Waals surface area contributed by atoms with E-state index in [1.807, 2.05) is 20.8 Å². The van der Waals surface area contributed by atoms with Crippen molar-refractivity contribution in [2.75, 3.05) is 11.9 Å². The highest BCUT2D eigenvalue weighted by atomic mass is 19.1. The molecule has 4 nitrogen and oxygen atoms in total. The highest BCUT2D eigenvalue weighted by Crippen LogP contribution is 2.10. The van der Waals surface area contributed by atoms with Gasteiger partial charge in [-0.3, -0.25) is 9.78 Å². The van der Waals surface area contributed by atoms with Gasteiger partial charge in [-0.2, -0.15) is 0 Å². The molecule has 0 atom stereocenters. The Hall–Kier alpha value is -1.49. The van der Waals surface area contributed by atoms with Crippen molar-refractivity contribution in [3.8, 4) is 0 Å². The highest BCUT2D eigenvalue weighted by Gasteiger charge is 2.10. The van der Waals surface area contributed by atoms with Crippen molar-refractivity contribution in [3.63, 3.8) is 0 Å². The van der Waals surface area contributed by atoms with Crippen LogP contribution >= 0.6 is 0 Å². The molecule has 1 rings (SSSR count). The van der Waals surface area contributed by atoms with Crippen molar-refractivity contribution in [3.05, 3.63) is 24.3 Å². The zero-order chi connectivity index (χ0) is 12.9. The molecular formula is C12H18FN3O. The third-order valence-corrected chi connectivity index (χ3v) is 2.05. The van der Waals surface area contributed by atoms with Crippen LogP contribution in [-0.2, 0) is 4.79 Å². The number of carbonyl (C=O) groups is 1. The van der Waals surface area contributed by atoms with Crippen LogP contribution in [0.4, 0.5) is 10.1 Å². The number of hydrogen-bond acceptors (Lipinski definition) is 3. The van der Waals surface area contributed by atoms with Crippen molar-refractivity contribution in [1.29, 1.82) is 0 Å². The van der Waals surface area contributed by atoms with Gasteiger partial charge in [-0.25, -0.2) is 4.39 Å². The van der Waals surface area contributed by atoms with Crippen LogP contribution in [0.2, 0.25) is 0 Å². The molecule has 0 fully saturated rings. The summed E-state index contributed by atoms with van der Waals surface area (Å²) in [6, 6.07) is 1.43. The third-order valence-electron chi connectivity index (χ3n) is 2.05. The van der Waals surface area contributed by atoms with Crippen LogP contribution in [0.3, 0.4) is 0 Å². The van der Waals surface area contributed by atoms with Crippen LogP contribution in [-0.4, -0.2) is 23.0 Å². The van der Waals surface area contributed by atoms with Gasteiger partial charge >= 0.3 is 0 Å². The molecule has 17 heavy (non-hydrogen) atoms. The van der Waals surface area contributed by atoms with E-state index in [1.165, 1.54) is 12.3 Å². The molecule has 0 spiro atoms. The molecule has 0 saturated carbocycles. The fourth-order valence-corrected chi connectivity index (χ4v) is 1.24. The Bertz CT molecular complexity index is 388. The van der Waals surface area contributed by atoms with Crippen molar-refractivity contribution < 1.29 is 9.18 Å². The predicted molar refractivity (Wildman–Crippen MR) is 65.2 cm³/mol. The average molecular weight is 239 g/mol. The van der Waals surface area contributed by atoms with E-state index >= 15 is 0 Å². The minimum Gasteiger partial charge on any atom is -0.323 e. The zero-order valence-electron chi connectivity index (χ0n) is 10.4. The summed E-state index contributed by atoms with van der Waals surface area (Å²) < 4.78 is 13.2. The predicted octanol–water partition coefficient (Wildman–Crippen LogP) is 1.94. The minimum absolute atomic E-state index is 0.0256. The SMILES string of the molecule is CC(C)(C)NCCC(=O)Nc1ccncc1F. The fourth-order valence-electron chi connectivity index (χ4n) is 1.24. The van der Waals surface area contributed by atoms with Crippen molar-refractivity contribution in [2.24, 2.45) is 0 Å². The number of amides is 1. The first-order valence-electron chi connectivity index (χ1n) is 5.53. The molecule has 0 aliphatic heterocycles. The molecule has 1 amide bonds. The molecule has 1 heterocycles. The zero-order valence-corrected chi connectivity index (χ0v) is 10.4. The van der Waals surface area contributed by atoms with Gasteiger partial charge in [0.2, 0.25) is 5.91 Å². The molecule has 1 aromatic heterocycles. The van der Waals surface area contributed by atoms with Gasteiger partial charge in [0.1, 0.15) is 0 Å². The Morgan fingerprint density at radius 1 is 1.47 bits per heavy atom. The number of hydrogen-bond donors (Lipinski definition) is 2. The number of anilines is 1. The fraction of sp³-hybridized carbons (Fsp3) is 0.500. The summed E-state index contributed by atoms with van der Waals surface area (Å²) in [4.78, 5) is 15.1. The molecule has 0 radical (unpaired) electrons. The summed E-state index contributed by atoms with van der Waals surface area (Å²) in [6.45, 7) is 6.62. The van der Waals surface area contributed by atoms with E-state index in [2.05, 4.69) is 15.6 Å². The summed E-state index contributed by atoms with van der Waals surface area (Å²) in [5, 5.41) is 5.69. The van der Waals surface area contributed by atoms with Crippen LogP contribution in [0, 0.1) is 5.82 Å². The molecule has 5 heteroatoms. The van der Waals surface area contributed by atoms with Crippen molar-refractivity contribution in [1.82, 2.24) is 10.3 Å². The van der Waals surface area contributed by atoms with Gasteiger partial charge < -0.3 is 10.6 Å². The van der Waals surface area contributed by atoms with E-state index in [1.54, 1.807) is 0 Å². The lowest BCUT2D eigenvalue weighted by Crippen LogP contribution is -2.37. The number of carbonyl (C=O) groups excluding carboxylic acids is 1. The van der Waals surface area contributed by atoms with Gasteiger partial charge in [-0.15, -0.1) is 0 Å². The van der Waals surface area contributed by atoms with E-state index in [4.69, 9.17) is 0 Å². The summed E-state index contributed by atoms with van der Waals surface area (Å²) in [6.07, 6.45) is 2.81. The topological polar surface area (TPSA) is 54.0 Å². The third kappa shape index (κ3) is 5.40. The van der Waals surface area contributed by atoms with E-state index in [0.717, 1.165) is 6.20 Å². The van der Waals surface area contributed by atoms with Crippen molar-refractivity contribution >= 4 is 11.6 Å². The second-order valence-electron chi connectivity index (χ2n) is 4.83. The molecule has 0 aliphatic rings. The largest absolute Gasteiger partial charge is 0.323 e. The lowest BCUT2D eigenvalue weighted by atomic mass is 10.1. The molecular weight excluding hydrogens is 221 g/mol. The molecule has 0 aromatic carbocycles. The summed E-state index contributed by atoms with van der Waals surface area (Å²) in [5.74, 6) is -0.739. The van der Waals surface area contributed by atoms with Gasteiger partial charge in [0.25, 0.3) is 0 Å². The van der Waals surface area contributed by atoms with Crippen LogP contribution in [0.15, 0.2) is 18.5 Å². The van der Waals surface area contributed by atoms with Crippen molar-refractivity contribution in [2.45, 2.75) is 32.7 Å². The van der Waals surface area contributed by atoms with Crippen LogP contribution in [0.1, 0.15) is 27.2 Å². The van der Waals surface area contributed by atoms with E-state index in [-0.39, 0.29) is 17.1 Å². The normalized spacial score (nSPS) is 11.3. The Labute approximate surface area is 101 Å². The van der Waals surface area contributed by atoms with E-state index < -0.39 is 5.82 Å². The van der Waals surface area contributed by atoms with Gasteiger partial charge in [0.15, 0.2) is 5.82 Å². The number of rotatable bonds is 4. The summed E-state index contributed by atoms with van der Waals surface area (Å²) >= 11 is 0. The number of nitrogens with one attached hydrogen (secondary N) is 2. The summed E-state index contributed by atoms with van der Waals surface area (Å²) in [7, 11) is 0. The second-order valence-corrected chi connectivity index (χ2v) is 4.83. The lowest BCUT2D eigenvalue weighted by Gasteiger charge is -2.20. The maximum absolute atomic E-state index is 13.2. The second kappa shape index (κ2) is 5.72. The smallest absolute Gasteiger partial charge is 0.225 e. The number of pyridine rings is 1. The number of halogens is 1. The number of nitrogens with zero attached hydrogens (tertiary/aromatic N) is 1. The van der Waals surface area contributed by atoms with E-state index in [0.29, 0.717) is 13.0 Å².